The van der Waals surface area contributed by atoms with Crippen molar-refractivity contribution in [2.45, 2.75) is 31.2 Å². The first-order valence-electron chi connectivity index (χ1n) is 5.56. The topological polar surface area (TPSA) is 101 Å². The number of amides is 1. The van der Waals surface area contributed by atoms with Crippen molar-refractivity contribution in [3.63, 3.8) is 0 Å². The highest BCUT2D eigenvalue weighted by Gasteiger charge is 2.27. The Hall–Kier alpha value is -1.12. The van der Waals surface area contributed by atoms with E-state index in [-0.39, 0.29) is 22.3 Å². The molecule has 0 aromatic carbocycles. The Kier molecular flexibility index (Phi) is 5.33. The number of rotatable bonds is 6. The monoisotopic (exact) mass is 309 g/mol. The molecular weight excluding hydrogens is 294 g/mol. The molecule has 108 valence electrons. The molecule has 1 aromatic rings. The van der Waals surface area contributed by atoms with Crippen molar-refractivity contribution in [1.29, 1.82) is 0 Å². The second kappa shape index (κ2) is 6.36. The number of nitrogens with one attached hydrogen (secondary N) is 2. The average Bonchev–Trinajstić information content (AvgIpc) is 2.68. The van der Waals surface area contributed by atoms with E-state index in [9.17, 15) is 13.2 Å². The summed E-state index contributed by atoms with van der Waals surface area (Å²) in [6.45, 7) is 3.75. The maximum atomic E-state index is 11.9. The molecule has 0 fully saturated rings. The molecule has 1 heterocycles. The van der Waals surface area contributed by atoms with Crippen LogP contribution in [-0.4, -0.2) is 44.3 Å². The molecule has 1 atom stereocenters. The van der Waals surface area contributed by atoms with Crippen molar-refractivity contribution in [3.8, 4) is 0 Å². The Labute approximate surface area is 116 Å². The first kappa shape index (κ1) is 15.9. The maximum Gasteiger partial charge on any atom is 0.273 e. The SMILES string of the molecule is COCCC(C)NC(=O)c1n[nH]c(C)c1S(=O)(=O)Cl. The van der Waals surface area contributed by atoms with Gasteiger partial charge in [0.05, 0.1) is 5.69 Å². The van der Waals surface area contributed by atoms with Crippen molar-refractivity contribution < 1.29 is 17.9 Å². The Morgan fingerprint density at radius 3 is 2.74 bits per heavy atom. The van der Waals surface area contributed by atoms with E-state index >= 15 is 0 Å². The molecule has 9 heteroatoms. The first-order valence-corrected chi connectivity index (χ1v) is 7.87. The second-order valence-electron chi connectivity index (χ2n) is 4.12. The van der Waals surface area contributed by atoms with Crippen LogP contribution in [0.25, 0.3) is 0 Å². The number of aromatic nitrogens is 2. The average molecular weight is 310 g/mol. The lowest BCUT2D eigenvalue weighted by atomic mass is 10.2. The van der Waals surface area contributed by atoms with E-state index in [1.807, 2.05) is 0 Å². The third kappa shape index (κ3) is 4.19. The summed E-state index contributed by atoms with van der Waals surface area (Å²) in [4.78, 5) is 11.7. The first-order chi connectivity index (χ1) is 8.77. The third-order valence-electron chi connectivity index (χ3n) is 2.48. The molecular formula is C10H16ClN3O4S. The normalized spacial score (nSPS) is 13.3. The molecule has 0 saturated heterocycles. The van der Waals surface area contributed by atoms with Crippen molar-refractivity contribution in [3.05, 3.63) is 11.4 Å². The van der Waals surface area contributed by atoms with Gasteiger partial charge in [-0.3, -0.25) is 9.89 Å². The largest absolute Gasteiger partial charge is 0.385 e. The van der Waals surface area contributed by atoms with Gasteiger partial charge in [0.25, 0.3) is 15.0 Å². The number of aryl methyl sites for hydroxylation is 1. The minimum Gasteiger partial charge on any atom is -0.385 e. The van der Waals surface area contributed by atoms with Gasteiger partial charge in [0, 0.05) is 30.4 Å². The van der Waals surface area contributed by atoms with Crippen LogP contribution in [0.3, 0.4) is 0 Å². The molecule has 0 spiro atoms. The molecule has 1 unspecified atom stereocenters. The molecule has 1 rings (SSSR count). The van der Waals surface area contributed by atoms with E-state index < -0.39 is 15.0 Å². The van der Waals surface area contributed by atoms with Gasteiger partial charge in [0.15, 0.2) is 5.69 Å². The van der Waals surface area contributed by atoms with Gasteiger partial charge in [-0.1, -0.05) is 0 Å². The lowest BCUT2D eigenvalue weighted by molar-refractivity contribution is 0.0921. The summed E-state index contributed by atoms with van der Waals surface area (Å²) < 4.78 is 27.7. The second-order valence-corrected chi connectivity index (χ2v) is 6.62. The minimum atomic E-state index is -4.03. The standard InChI is InChI=1S/C10H16ClN3O4S/c1-6(4-5-18-3)12-10(15)8-9(19(11,16)17)7(2)13-14-8/h6H,4-5H2,1-3H3,(H,12,15)(H,13,14). The number of methoxy groups -OCH3 is 1. The smallest absolute Gasteiger partial charge is 0.273 e. The summed E-state index contributed by atoms with van der Waals surface area (Å²) >= 11 is 0. The quantitative estimate of drug-likeness (QED) is 0.757. The zero-order valence-electron chi connectivity index (χ0n) is 10.9. The molecule has 0 radical (unpaired) electrons. The van der Waals surface area contributed by atoms with Gasteiger partial charge in [-0.05, 0) is 20.3 Å². The number of hydrogen-bond donors (Lipinski definition) is 2. The van der Waals surface area contributed by atoms with Crippen molar-refractivity contribution in [1.82, 2.24) is 15.5 Å². The summed E-state index contributed by atoms with van der Waals surface area (Å²) in [5.74, 6) is -0.591. The van der Waals surface area contributed by atoms with Gasteiger partial charge in [-0.25, -0.2) is 8.42 Å². The number of aromatic amines is 1. The molecule has 7 nitrogen and oxygen atoms in total. The van der Waals surface area contributed by atoms with E-state index in [0.717, 1.165) is 0 Å². The van der Waals surface area contributed by atoms with Crippen molar-refractivity contribution in [2.24, 2.45) is 0 Å². The fourth-order valence-corrected chi connectivity index (χ4v) is 2.88. The van der Waals surface area contributed by atoms with Crippen LogP contribution in [0.1, 0.15) is 29.5 Å². The molecule has 0 bridgehead atoms. The van der Waals surface area contributed by atoms with E-state index in [2.05, 4.69) is 15.5 Å². The van der Waals surface area contributed by atoms with Gasteiger partial charge in [-0.2, -0.15) is 5.10 Å². The van der Waals surface area contributed by atoms with Crippen LogP contribution in [-0.2, 0) is 13.8 Å². The lowest BCUT2D eigenvalue weighted by Gasteiger charge is -2.12. The molecule has 0 aliphatic carbocycles. The lowest BCUT2D eigenvalue weighted by Crippen LogP contribution is -2.34. The molecule has 0 aliphatic rings. The highest BCUT2D eigenvalue weighted by Crippen LogP contribution is 2.21. The fourth-order valence-electron chi connectivity index (χ4n) is 1.53. The number of nitrogens with zero attached hydrogens (tertiary/aromatic N) is 1. The number of carbonyl (C=O) groups is 1. The summed E-state index contributed by atoms with van der Waals surface area (Å²) in [6.07, 6.45) is 0.606. The van der Waals surface area contributed by atoms with Gasteiger partial charge < -0.3 is 10.1 Å². The van der Waals surface area contributed by atoms with Gasteiger partial charge >= 0.3 is 0 Å². The molecule has 19 heavy (non-hydrogen) atoms. The van der Waals surface area contributed by atoms with Crippen LogP contribution < -0.4 is 5.32 Å². The van der Waals surface area contributed by atoms with Crippen LogP contribution in [0.2, 0.25) is 0 Å². The highest BCUT2D eigenvalue weighted by atomic mass is 35.7. The number of H-pyrrole nitrogens is 1. The van der Waals surface area contributed by atoms with E-state index in [0.29, 0.717) is 13.0 Å². The molecule has 0 saturated carbocycles. The number of halogens is 1. The Morgan fingerprint density at radius 1 is 1.58 bits per heavy atom. The minimum absolute atomic E-state index is 0.171. The van der Waals surface area contributed by atoms with Crippen LogP contribution in [0.4, 0.5) is 0 Å². The highest BCUT2D eigenvalue weighted by molar-refractivity contribution is 8.13. The molecule has 1 amide bonds. The summed E-state index contributed by atoms with van der Waals surface area (Å²) in [6, 6.07) is -0.171. The predicted molar refractivity (Wildman–Crippen MR) is 69.8 cm³/mol. The van der Waals surface area contributed by atoms with E-state index in [1.54, 1.807) is 14.0 Å². The van der Waals surface area contributed by atoms with Crippen molar-refractivity contribution in [2.75, 3.05) is 13.7 Å². The summed E-state index contributed by atoms with van der Waals surface area (Å²) in [7, 11) is 2.82. The Bertz CT molecular complexity index is 555. The molecule has 0 aliphatic heterocycles. The van der Waals surface area contributed by atoms with Crippen molar-refractivity contribution >= 4 is 25.6 Å². The van der Waals surface area contributed by atoms with Crippen LogP contribution in [0.15, 0.2) is 4.90 Å². The molecule has 2 N–H and O–H groups in total. The summed E-state index contributed by atoms with van der Waals surface area (Å²) in [5.41, 5.74) is 0.00135. The fraction of sp³-hybridized carbons (Fsp3) is 0.600. The van der Waals surface area contributed by atoms with Crippen LogP contribution >= 0.6 is 10.7 Å². The molecule has 1 aromatic heterocycles. The predicted octanol–water partition coefficient (Wildman–Crippen LogP) is 0.800. The number of carbonyl (C=O) groups excluding carboxylic acids is 1. The van der Waals surface area contributed by atoms with Gasteiger partial charge in [0.2, 0.25) is 0 Å². The zero-order chi connectivity index (χ0) is 14.6. The van der Waals surface area contributed by atoms with Crippen LogP contribution in [0.5, 0.6) is 0 Å². The Balaban J connectivity index is 2.90. The van der Waals surface area contributed by atoms with Gasteiger partial charge in [-0.15, -0.1) is 0 Å². The maximum absolute atomic E-state index is 11.9. The third-order valence-corrected chi connectivity index (χ3v) is 3.93. The van der Waals surface area contributed by atoms with Crippen LogP contribution in [0, 0.1) is 6.92 Å². The summed E-state index contributed by atoms with van der Waals surface area (Å²) in [5, 5.41) is 8.76. The zero-order valence-corrected chi connectivity index (χ0v) is 12.4. The van der Waals surface area contributed by atoms with Gasteiger partial charge in [0.1, 0.15) is 4.90 Å². The van der Waals surface area contributed by atoms with E-state index in [1.165, 1.54) is 6.92 Å². The number of hydrogen-bond acceptors (Lipinski definition) is 5. The Morgan fingerprint density at radius 2 is 2.21 bits per heavy atom. The number of ether oxygens (including phenoxy) is 1. The van der Waals surface area contributed by atoms with E-state index in [4.69, 9.17) is 15.4 Å².